The highest BCUT2D eigenvalue weighted by Crippen LogP contribution is 2.24. The third-order valence-electron chi connectivity index (χ3n) is 6.44. The van der Waals surface area contributed by atoms with E-state index in [1.54, 1.807) is 0 Å². The fourth-order valence-electron chi connectivity index (χ4n) is 4.48. The predicted octanol–water partition coefficient (Wildman–Crippen LogP) is 6.19. The van der Waals surface area contributed by atoms with E-state index in [2.05, 4.69) is 5.32 Å². The number of amides is 2. The van der Waals surface area contributed by atoms with Gasteiger partial charge in [-0.3, -0.25) is 9.59 Å². The van der Waals surface area contributed by atoms with Crippen molar-refractivity contribution in [2.75, 3.05) is 0 Å². The number of carbonyl (C=O) groups excluding carboxylic acids is 2. The molecule has 202 valence electrons. The van der Waals surface area contributed by atoms with Crippen LogP contribution in [0.1, 0.15) is 85.4 Å². The van der Waals surface area contributed by atoms with Crippen molar-refractivity contribution in [3.05, 3.63) is 107 Å². The number of carbonyl (C=O) groups is 2. The van der Waals surface area contributed by atoms with E-state index >= 15 is 0 Å². The van der Waals surface area contributed by atoms with Gasteiger partial charge >= 0.3 is 0 Å². The summed E-state index contributed by atoms with van der Waals surface area (Å²) in [6.07, 6.45) is 0.754. The summed E-state index contributed by atoms with van der Waals surface area (Å²) >= 11 is 0. The van der Waals surface area contributed by atoms with Crippen molar-refractivity contribution in [1.29, 1.82) is 0 Å². The summed E-state index contributed by atoms with van der Waals surface area (Å²) < 4.78 is 0. The van der Waals surface area contributed by atoms with Gasteiger partial charge < -0.3 is 15.3 Å². The first kappa shape index (κ1) is 29.1. The summed E-state index contributed by atoms with van der Waals surface area (Å²) in [6.45, 7) is 12.5. The molecule has 5 nitrogen and oxygen atoms in total. The number of aryl methyl sites for hydroxylation is 1. The highest BCUT2D eigenvalue weighted by molar-refractivity contribution is 5.96. The molecule has 3 aromatic rings. The minimum absolute atomic E-state index is 0.0478. The average Bonchev–Trinajstić information content (AvgIpc) is 2.85. The molecule has 0 aliphatic carbocycles. The number of nitrogens with one attached hydrogen (secondary N) is 1. The zero-order valence-corrected chi connectivity index (χ0v) is 23.6. The fraction of sp³-hybridized carbons (Fsp3) is 0.394. The molecule has 2 amide bonds. The van der Waals surface area contributed by atoms with Gasteiger partial charge in [0.2, 0.25) is 0 Å². The minimum atomic E-state index is -0.653. The van der Waals surface area contributed by atoms with Crippen LogP contribution >= 0.6 is 0 Å². The lowest BCUT2D eigenvalue weighted by atomic mass is 9.94. The van der Waals surface area contributed by atoms with Gasteiger partial charge in [0.25, 0.3) is 11.8 Å². The van der Waals surface area contributed by atoms with Gasteiger partial charge in [0, 0.05) is 28.7 Å². The van der Waals surface area contributed by atoms with Crippen LogP contribution in [0.5, 0.6) is 0 Å². The Labute approximate surface area is 227 Å². The van der Waals surface area contributed by atoms with Crippen molar-refractivity contribution < 1.29 is 14.7 Å². The lowest BCUT2D eigenvalue weighted by Crippen LogP contribution is -2.45. The van der Waals surface area contributed by atoms with Gasteiger partial charge in [-0.2, -0.15) is 0 Å². The van der Waals surface area contributed by atoms with Gasteiger partial charge in [-0.1, -0.05) is 66.7 Å². The van der Waals surface area contributed by atoms with Gasteiger partial charge in [0.1, 0.15) is 0 Å². The van der Waals surface area contributed by atoms with Crippen LogP contribution in [0.3, 0.4) is 0 Å². The molecule has 3 rings (SSSR count). The van der Waals surface area contributed by atoms with E-state index in [1.807, 2.05) is 125 Å². The van der Waals surface area contributed by atoms with Crippen LogP contribution in [0.2, 0.25) is 0 Å². The molecule has 0 heterocycles. The molecular formula is C33H42N2O3. The summed E-state index contributed by atoms with van der Waals surface area (Å²) in [5.41, 5.74) is 3.33. The third kappa shape index (κ3) is 8.29. The Kier molecular flexibility index (Phi) is 9.50. The van der Waals surface area contributed by atoms with E-state index in [0.29, 0.717) is 36.9 Å². The average molecular weight is 515 g/mol. The molecule has 0 saturated carbocycles. The fourth-order valence-corrected chi connectivity index (χ4v) is 4.48. The first-order chi connectivity index (χ1) is 17.8. The first-order valence-electron chi connectivity index (χ1n) is 13.4. The molecule has 0 radical (unpaired) electrons. The summed E-state index contributed by atoms with van der Waals surface area (Å²) in [5, 5.41) is 14.0. The van der Waals surface area contributed by atoms with E-state index in [9.17, 15) is 14.7 Å². The topological polar surface area (TPSA) is 69.6 Å². The number of aliphatic hydroxyl groups is 1. The quantitative estimate of drug-likeness (QED) is 0.358. The molecule has 0 aliphatic heterocycles. The molecule has 38 heavy (non-hydrogen) atoms. The van der Waals surface area contributed by atoms with E-state index in [1.165, 1.54) is 0 Å². The van der Waals surface area contributed by atoms with Crippen molar-refractivity contribution in [3.8, 4) is 0 Å². The molecule has 5 heteroatoms. The summed E-state index contributed by atoms with van der Waals surface area (Å²) in [6, 6.07) is 25.1. The predicted molar refractivity (Wildman–Crippen MR) is 154 cm³/mol. The van der Waals surface area contributed by atoms with Crippen LogP contribution in [0, 0.1) is 0 Å². The molecule has 0 fully saturated rings. The zero-order chi connectivity index (χ0) is 27.9. The Balaban J connectivity index is 1.74. The number of nitrogens with zero attached hydrogens (tertiary/aromatic N) is 1. The second kappa shape index (κ2) is 12.4. The largest absolute Gasteiger partial charge is 0.393 e. The van der Waals surface area contributed by atoms with Crippen molar-refractivity contribution in [2.45, 2.75) is 84.5 Å². The van der Waals surface area contributed by atoms with Gasteiger partial charge in [0.05, 0.1) is 6.10 Å². The van der Waals surface area contributed by atoms with E-state index in [0.717, 1.165) is 16.7 Å². The Bertz CT molecular complexity index is 1220. The van der Waals surface area contributed by atoms with Crippen LogP contribution in [-0.4, -0.2) is 39.0 Å². The van der Waals surface area contributed by atoms with E-state index in [4.69, 9.17) is 0 Å². The number of aliphatic hydroxyl groups excluding tert-OH is 1. The highest BCUT2D eigenvalue weighted by Gasteiger charge is 2.29. The molecule has 0 spiro atoms. The molecular weight excluding hydrogens is 472 g/mol. The molecule has 0 saturated heterocycles. The molecule has 0 bridgehead atoms. The van der Waals surface area contributed by atoms with Gasteiger partial charge in [-0.15, -0.1) is 0 Å². The Morgan fingerprint density at radius 3 is 1.95 bits per heavy atom. The lowest BCUT2D eigenvalue weighted by molar-refractivity contribution is 0.0556. The van der Waals surface area contributed by atoms with Crippen molar-refractivity contribution in [2.24, 2.45) is 0 Å². The maximum Gasteiger partial charge on any atom is 0.254 e. The third-order valence-corrected chi connectivity index (χ3v) is 6.44. The number of benzene rings is 3. The standard InChI is InChI=1S/C33H42N2O3/c1-32(2,3)34-30(37)28-18-12-10-16-25(28)20-21-27(36)22-26-17-11-13-19-29(26)31(38)35(33(4,5)6)23-24-14-8-7-9-15-24/h7-19,27,36H,20-23H2,1-6H3,(H,34,37). The van der Waals surface area contributed by atoms with Crippen LogP contribution < -0.4 is 5.32 Å². The number of rotatable bonds is 9. The van der Waals surface area contributed by atoms with E-state index < -0.39 is 6.10 Å². The van der Waals surface area contributed by atoms with Gasteiger partial charge in [0.15, 0.2) is 0 Å². The Morgan fingerprint density at radius 2 is 1.34 bits per heavy atom. The number of hydrogen-bond acceptors (Lipinski definition) is 3. The van der Waals surface area contributed by atoms with Crippen LogP contribution in [-0.2, 0) is 19.4 Å². The van der Waals surface area contributed by atoms with E-state index in [-0.39, 0.29) is 22.9 Å². The van der Waals surface area contributed by atoms with Crippen molar-refractivity contribution in [3.63, 3.8) is 0 Å². The second-order valence-electron chi connectivity index (χ2n) is 12.0. The smallest absolute Gasteiger partial charge is 0.254 e. The van der Waals surface area contributed by atoms with Crippen LogP contribution in [0.4, 0.5) is 0 Å². The molecule has 1 atom stereocenters. The zero-order valence-electron chi connectivity index (χ0n) is 23.6. The van der Waals surface area contributed by atoms with Gasteiger partial charge in [-0.05, 0) is 89.6 Å². The van der Waals surface area contributed by atoms with Gasteiger partial charge in [-0.25, -0.2) is 0 Å². The maximum atomic E-state index is 13.8. The molecule has 0 aromatic heterocycles. The summed E-state index contributed by atoms with van der Waals surface area (Å²) in [7, 11) is 0. The molecule has 3 aromatic carbocycles. The highest BCUT2D eigenvalue weighted by atomic mass is 16.3. The SMILES string of the molecule is CC(C)(C)NC(=O)c1ccccc1CCC(O)Cc1ccccc1C(=O)N(Cc1ccccc1)C(C)(C)C. The second-order valence-corrected chi connectivity index (χ2v) is 12.0. The molecule has 1 unspecified atom stereocenters. The summed E-state index contributed by atoms with van der Waals surface area (Å²) in [4.78, 5) is 28.5. The normalized spacial score (nSPS) is 12.6. The molecule has 0 aliphatic rings. The summed E-state index contributed by atoms with van der Waals surface area (Å²) in [5.74, 6) is -0.160. The van der Waals surface area contributed by atoms with Crippen LogP contribution in [0.15, 0.2) is 78.9 Å². The van der Waals surface area contributed by atoms with Crippen molar-refractivity contribution in [1.82, 2.24) is 10.2 Å². The first-order valence-corrected chi connectivity index (χ1v) is 13.4. The maximum absolute atomic E-state index is 13.8. The number of hydrogen-bond donors (Lipinski definition) is 2. The Morgan fingerprint density at radius 1 is 0.789 bits per heavy atom. The van der Waals surface area contributed by atoms with Crippen LogP contribution in [0.25, 0.3) is 0 Å². The molecule has 2 N–H and O–H groups in total. The van der Waals surface area contributed by atoms with Crippen molar-refractivity contribution >= 4 is 11.8 Å². The monoisotopic (exact) mass is 514 g/mol. The lowest BCUT2D eigenvalue weighted by Gasteiger charge is -2.36. The minimum Gasteiger partial charge on any atom is -0.393 e. The Hall–Kier alpha value is -3.44.